The first-order chi connectivity index (χ1) is 13.1. The van der Waals surface area contributed by atoms with Crippen LogP contribution in [-0.4, -0.2) is 7.11 Å². The molecule has 1 heterocycles. The minimum atomic E-state index is -0.0804. The molecule has 0 spiro atoms. The van der Waals surface area contributed by atoms with E-state index in [0.717, 1.165) is 16.7 Å². The summed E-state index contributed by atoms with van der Waals surface area (Å²) in [6, 6.07) is 20.4. The Balaban J connectivity index is 2.13. The summed E-state index contributed by atoms with van der Waals surface area (Å²) in [7, 11) is 1.60. The highest BCUT2D eigenvalue weighted by atomic mass is 35.5. The van der Waals surface area contributed by atoms with Crippen LogP contribution in [0.5, 0.6) is 5.75 Å². The fourth-order valence-corrected chi connectivity index (χ4v) is 3.39. The first-order valence-corrected chi connectivity index (χ1v) is 8.93. The lowest BCUT2D eigenvalue weighted by Crippen LogP contribution is -2.08. The van der Waals surface area contributed by atoms with E-state index in [4.69, 9.17) is 20.8 Å². The quantitative estimate of drug-likeness (QED) is 0.434. The van der Waals surface area contributed by atoms with Crippen molar-refractivity contribution in [3.05, 3.63) is 87.5 Å². The Labute approximate surface area is 161 Å². The van der Waals surface area contributed by atoms with E-state index in [0.29, 0.717) is 33.1 Å². The van der Waals surface area contributed by atoms with Gasteiger partial charge in [0.15, 0.2) is 0 Å². The molecule has 1 aromatic heterocycles. The van der Waals surface area contributed by atoms with Gasteiger partial charge in [0.05, 0.1) is 18.1 Å². The molecule has 3 aromatic carbocycles. The molecule has 0 radical (unpaired) electrons. The van der Waals surface area contributed by atoms with Crippen LogP contribution in [0.25, 0.3) is 33.4 Å². The normalized spacial score (nSPS) is 10.9. The number of halogens is 1. The van der Waals surface area contributed by atoms with Gasteiger partial charge in [0.1, 0.15) is 17.1 Å². The van der Waals surface area contributed by atoms with E-state index in [1.54, 1.807) is 31.4 Å². The van der Waals surface area contributed by atoms with Crippen LogP contribution in [0.3, 0.4) is 0 Å². The number of hydrogen-bond acceptors (Lipinski definition) is 3. The molecule has 0 bridgehead atoms. The number of benzene rings is 3. The summed E-state index contributed by atoms with van der Waals surface area (Å²) in [5.74, 6) is 1.22. The summed E-state index contributed by atoms with van der Waals surface area (Å²) < 4.78 is 11.7. The number of hydrogen-bond donors (Lipinski definition) is 0. The Kier molecular flexibility index (Phi) is 4.46. The van der Waals surface area contributed by atoms with Crippen molar-refractivity contribution in [1.82, 2.24) is 0 Å². The zero-order valence-corrected chi connectivity index (χ0v) is 15.7. The van der Waals surface area contributed by atoms with E-state index in [1.165, 1.54) is 0 Å². The van der Waals surface area contributed by atoms with Crippen molar-refractivity contribution >= 4 is 22.6 Å². The number of ether oxygens (including phenoxy) is 1. The largest absolute Gasteiger partial charge is 0.496 e. The summed E-state index contributed by atoms with van der Waals surface area (Å²) in [5.41, 5.74) is 3.38. The zero-order valence-electron chi connectivity index (χ0n) is 15.0. The lowest BCUT2D eigenvalue weighted by molar-refractivity contribution is 0.411. The molecule has 4 aromatic rings. The Morgan fingerprint density at radius 2 is 1.59 bits per heavy atom. The van der Waals surface area contributed by atoms with Gasteiger partial charge < -0.3 is 9.15 Å². The number of fused-ring (bicyclic) bond motifs is 1. The second-order valence-electron chi connectivity index (χ2n) is 6.28. The molecule has 0 unspecified atom stereocenters. The molecule has 0 saturated heterocycles. The van der Waals surface area contributed by atoms with Crippen LogP contribution in [-0.2, 0) is 0 Å². The molecule has 0 atom stereocenters. The highest BCUT2D eigenvalue weighted by Gasteiger charge is 2.19. The smallest absolute Gasteiger partial charge is 0.201 e. The summed E-state index contributed by atoms with van der Waals surface area (Å²) in [5, 5.41) is 1.14. The van der Waals surface area contributed by atoms with Gasteiger partial charge in [-0.3, -0.25) is 4.79 Å². The van der Waals surface area contributed by atoms with Crippen LogP contribution in [0.15, 0.2) is 75.9 Å². The molecule has 0 N–H and O–H groups in total. The fourth-order valence-electron chi connectivity index (χ4n) is 3.27. The highest BCUT2D eigenvalue weighted by molar-refractivity contribution is 6.30. The summed E-state index contributed by atoms with van der Waals surface area (Å²) in [6.45, 7) is 1.89. The summed E-state index contributed by atoms with van der Waals surface area (Å²) in [4.78, 5) is 13.4. The number of aryl methyl sites for hydroxylation is 1. The second kappa shape index (κ2) is 6.93. The van der Waals surface area contributed by atoms with Gasteiger partial charge in [-0.25, -0.2) is 0 Å². The van der Waals surface area contributed by atoms with E-state index in [-0.39, 0.29) is 5.43 Å². The third-order valence-electron chi connectivity index (χ3n) is 4.65. The lowest BCUT2D eigenvalue weighted by Gasteiger charge is -2.13. The van der Waals surface area contributed by atoms with Gasteiger partial charge in [-0.1, -0.05) is 54.1 Å². The predicted octanol–water partition coefficient (Wildman–Crippen LogP) is 6.10. The zero-order chi connectivity index (χ0) is 19.0. The van der Waals surface area contributed by atoms with Gasteiger partial charge in [-0.05, 0) is 36.8 Å². The Hall–Kier alpha value is -3.04. The fraction of sp³-hybridized carbons (Fsp3) is 0.0870. The minimum Gasteiger partial charge on any atom is -0.496 e. The first-order valence-electron chi connectivity index (χ1n) is 8.56. The third-order valence-corrected chi connectivity index (χ3v) is 4.90. The average molecular weight is 377 g/mol. The molecule has 0 aliphatic heterocycles. The van der Waals surface area contributed by atoms with Crippen LogP contribution in [0.4, 0.5) is 0 Å². The SMILES string of the molecule is COc1ccc2c(=O)c(-c3ccc(Cl)cc3)c(-c3ccccc3)oc2c1C. The van der Waals surface area contributed by atoms with Crippen LogP contribution < -0.4 is 10.2 Å². The minimum absolute atomic E-state index is 0.0804. The molecular weight excluding hydrogens is 360 g/mol. The van der Waals surface area contributed by atoms with Crippen molar-refractivity contribution in [2.24, 2.45) is 0 Å². The molecule has 27 heavy (non-hydrogen) atoms. The van der Waals surface area contributed by atoms with Gasteiger partial charge in [0.2, 0.25) is 5.43 Å². The topological polar surface area (TPSA) is 39.4 Å². The van der Waals surface area contributed by atoms with Crippen LogP contribution in [0, 0.1) is 6.92 Å². The Morgan fingerprint density at radius 1 is 0.889 bits per heavy atom. The third kappa shape index (κ3) is 3.00. The molecular formula is C23H17ClO3. The van der Waals surface area contributed by atoms with Gasteiger partial charge in [-0.2, -0.15) is 0 Å². The van der Waals surface area contributed by atoms with Crippen molar-refractivity contribution in [2.75, 3.05) is 7.11 Å². The highest BCUT2D eigenvalue weighted by Crippen LogP contribution is 2.35. The molecule has 0 aliphatic rings. The second-order valence-corrected chi connectivity index (χ2v) is 6.71. The Bertz CT molecular complexity index is 1180. The monoisotopic (exact) mass is 376 g/mol. The van der Waals surface area contributed by atoms with Crippen molar-refractivity contribution in [2.45, 2.75) is 6.92 Å². The molecule has 0 amide bonds. The standard InChI is InChI=1S/C23H17ClO3/c1-14-19(26-2)13-12-18-21(25)20(15-8-10-17(24)11-9-15)23(27-22(14)18)16-6-4-3-5-7-16/h3-13H,1-2H3. The van der Waals surface area contributed by atoms with Gasteiger partial charge in [0, 0.05) is 16.1 Å². The van der Waals surface area contributed by atoms with Gasteiger partial charge in [0.25, 0.3) is 0 Å². The van der Waals surface area contributed by atoms with Crippen LogP contribution >= 0.6 is 11.6 Å². The molecule has 4 rings (SSSR count). The maximum atomic E-state index is 13.4. The summed E-state index contributed by atoms with van der Waals surface area (Å²) >= 11 is 6.03. The number of rotatable bonds is 3. The van der Waals surface area contributed by atoms with Crippen LogP contribution in [0.2, 0.25) is 5.02 Å². The van der Waals surface area contributed by atoms with E-state index in [2.05, 4.69) is 0 Å². The lowest BCUT2D eigenvalue weighted by atomic mass is 9.97. The summed E-state index contributed by atoms with van der Waals surface area (Å²) in [6.07, 6.45) is 0. The molecule has 3 nitrogen and oxygen atoms in total. The van der Waals surface area contributed by atoms with Crippen molar-refractivity contribution in [3.63, 3.8) is 0 Å². The molecule has 0 saturated carbocycles. The van der Waals surface area contributed by atoms with E-state index >= 15 is 0 Å². The van der Waals surface area contributed by atoms with E-state index in [9.17, 15) is 4.79 Å². The maximum Gasteiger partial charge on any atom is 0.201 e. The van der Waals surface area contributed by atoms with Gasteiger partial charge in [-0.15, -0.1) is 0 Å². The predicted molar refractivity (Wildman–Crippen MR) is 110 cm³/mol. The Morgan fingerprint density at radius 3 is 2.26 bits per heavy atom. The number of methoxy groups -OCH3 is 1. The van der Waals surface area contributed by atoms with E-state index in [1.807, 2.05) is 49.4 Å². The molecule has 0 fully saturated rings. The molecule has 0 aliphatic carbocycles. The van der Waals surface area contributed by atoms with Crippen molar-refractivity contribution in [1.29, 1.82) is 0 Å². The van der Waals surface area contributed by atoms with Crippen LogP contribution in [0.1, 0.15) is 5.56 Å². The average Bonchev–Trinajstić information content (AvgIpc) is 2.70. The maximum absolute atomic E-state index is 13.4. The molecule has 134 valence electrons. The first kappa shape index (κ1) is 17.4. The van der Waals surface area contributed by atoms with Crippen molar-refractivity contribution in [3.8, 4) is 28.2 Å². The van der Waals surface area contributed by atoms with Gasteiger partial charge >= 0.3 is 0 Å². The van der Waals surface area contributed by atoms with E-state index < -0.39 is 0 Å². The molecule has 4 heteroatoms. The van der Waals surface area contributed by atoms with Crippen molar-refractivity contribution < 1.29 is 9.15 Å².